The van der Waals surface area contributed by atoms with Gasteiger partial charge in [0, 0.05) is 16.2 Å². The molecule has 11 heteroatoms. The summed E-state index contributed by atoms with van der Waals surface area (Å²) in [4.78, 5) is 39.1. The van der Waals surface area contributed by atoms with Crippen LogP contribution in [0.2, 0.25) is 0 Å². The Morgan fingerprint density at radius 2 is 2.06 bits per heavy atom. The molecule has 0 bridgehead atoms. The smallest absolute Gasteiger partial charge is 0.416 e. The number of anilines is 2. The Morgan fingerprint density at radius 1 is 1.30 bits per heavy atom. The number of esters is 1. The number of carbonyl (C=O) groups is 3. The van der Waals surface area contributed by atoms with Crippen LogP contribution in [-0.2, 0) is 33.3 Å². The molecule has 6 nitrogen and oxygen atoms in total. The minimum Gasteiger partial charge on any atom is -0.465 e. The second kappa shape index (κ2) is 9.02. The number of thioether (sulfide) groups is 1. The van der Waals surface area contributed by atoms with Gasteiger partial charge in [-0.15, -0.1) is 23.1 Å². The number of benzene rings is 1. The summed E-state index contributed by atoms with van der Waals surface area (Å²) in [5.41, 5.74) is 0.483. The number of fused-ring (bicyclic) bond motifs is 2. The van der Waals surface area contributed by atoms with Crippen LogP contribution in [0.25, 0.3) is 0 Å². The lowest BCUT2D eigenvalue weighted by atomic mass is 9.88. The second-order valence-electron chi connectivity index (χ2n) is 8.10. The van der Waals surface area contributed by atoms with Crippen molar-refractivity contribution in [2.75, 3.05) is 17.7 Å². The van der Waals surface area contributed by atoms with Crippen molar-refractivity contribution in [2.24, 2.45) is 5.92 Å². The topological polar surface area (TPSA) is 84.5 Å². The molecule has 0 spiro atoms. The highest BCUT2D eigenvalue weighted by Gasteiger charge is 2.35. The van der Waals surface area contributed by atoms with Crippen LogP contribution in [0.3, 0.4) is 0 Å². The average molecular weight is 499 g/mol. The van der Waals surface area contributed by atoms with E-state index < -0.39 is 34.8 Å². The van der Waals surface area contributed by atoms with Crippen LogP contribution in [0, 0.1) is 5.92 Å². The van der Waals surface area contributed by atoms with Crippen molar-refractivity contribution in [3.63, 3.8) is 0 Å². The Bertz CT molecular complexity index is 1130. The maximum Gasteiger partial charge on any atom is 0.416 e. The van der Waals surface area contributed by atoms with Crippen LogP contribution >= 0.6 is 23.1 Å². The van der Waals surface area contributed by atoms with Gasteiger partial charge in [0.05, 0.1) is 29.2 Å². The molecule has 176 valence electrons. The third-order valence-electron chi connectivity index (χ3n) is 5.65. The van der Waals surface area contributed by atoms with Gasteiger partial charge in [-0.1, -0.05) is 6.92 Å². The molecule has 0 unspecified atom stereocenters. The van der Waals surface area contributed by atoms with Gasteiger partial charge in [0.15, 0.2) is 0 Å². The van der Waals surface area contributed by atoms with E-state index in [1.807, 2.05) is 0 Å². The Hall–Kier alpha value is -2.53. The van der Waals surface area contributed by atoms with E-state index in [-0.39, 0.29) is 12.1 Å². The Labute approximate surface area is 196 Å². The number of hydrogen-bond donors (Lipinski definition) is 2. The zero-order chi connectivity index (χ0) is 23.9. The highest BCUT2D eigenvalue weighted by atomic mass is 32.2. The molecule has 0 saturated carbocycles. The van der Waals surface area contributed by atoms with Gasteiger partial charge in [0.25, 0.3) is 0 Å². The van der Waals surface area contributed by atoms with E-state index in [0.29, 0.717) is 21.4 Å². The molecule has 2 amide bonds. The predicted molar refractivity (Wildman–Crippen MR) is 120 cm³/mol. The molecule has 1 aliphatic heterocycles. The highest BCUT2D eigenvalue weighted by Crippen LogP contribution is 2.42. The molecule has 4 rings (SSSR count). The van der Waals surface area contributed by atoms with E-state index >= 15 is 0 Å². The SMILES string of the molecule is COC(=O)c1c(NC(=O)C[C@@H]2Sc3ccc(C(F)(F)F)cc3NC2=O)sc2c1CC[C@@H](C)C2. The largest absolute Gasteiger partial charge is 0.465 e. The number of thiophene rings is 1. The number of hydrogen-bond acceptors (Lipinski definition) is 6. The van der Waals surface area contributed by atoms with Crippen molar-refractivity contribution >= 4 is 51.6 Å². The Morgan fingerprint density at radius 3 is 2.76 bits per heavy atom. The average Bonchev–Trinajstić information content (AvgIpc) is 3.09. The van der Waals surface area contributed by atoms with E-state index in [4.69, 9.17) is 4.74 Å². The molecule has 0 radical (unpaired) electrons. The number of rotatable bonds is 4. The fourth-order valence-electron chi connectivity index (χ4n) is 3.96. The molecule has 0 saturated heterocycles. The molecule has 0 fully saturated rings. The molecule has 1 aliphatic carbocycles. The van der Waals surface area contributed by atoms with Crippen molar-refractivity contribution in [1.82, 2.24) is 0 Å². The van der Waals surface area contributed by atoms with Crippen LogP contribution in [0.1, 0.15) is 46.1 Å². The Balaban J connectivity index is 1.50. The molecule has 1 aromatic heterocycles. The third kappa shape index (κ3) is 4.89. The summed E-state index contributed by atoms with van der Waals surface area (Å²) >= 11 is 2.38. The van der Waals surface area contributed by atoms with E-state index in [1.54, 1.807) is 0 Å². The molecule has 2 aromatic rings. The van der Waals surface area contributed by atoms with Crippen molar-refractivity contribution in [2.45, 2.75) is 48.9 Å². The first kappa shape index (κ1) is 23.6. The maximum atomic E-state index is 12.9. The van der Waals surface area contributed by atoms with Crippen molar-refractivity contribution in [1.29, 1.82) is 0 Å². The standard InChI is InChI=1S/C22H21F3N2O4S2/c1-10-3-5-12-15(7-10)33-20(18(12)21(30)31-2)27-17(28)9-16-19(29)26-13-8-11(22(23,24)25)4-6-14(13)32-16/h4,6,8,10,16H,3,5,7,9H2,1-2H3,(H,26,29)(H,27,28)/t10-,16+/m1/s1. The minimum absolute atomic E-state index is 0.0736. The summed E-state index contributed by atoms with van der Waals surface area (Å²) in [6.45, 7) is 2.13. The minimum atomic E-state index is -4.52. The quantitative estimate of drug-likeness (QED) is 0.572. The fraction of sp³-hybridized carbons (Fsp3) is 0.409. The molecule has 2 heterocycles. The highest BCUT2D eigenvalue weighted by molar-refractivity contribution is 8.01. The van der Waals surface area contributed by atoms with Crippen molar-refractivity contribution < 1.29 is 32.3 Å². The molecular formula is C22H21F3N2O4S2. The first-order valence-corrected chi connectivity index (χ1v) is 12.0. The van der Waals surface area contributed by atoms with E-state index in [0.717, 1.165) is 53.6 Å². The number of halogens is 3. The predicted octanol–water partition coefficient (Wildman–Crippen LogP) is 5.12. The van der Waals surface area contributed by atoms with Crippen LogP contribution in [0.4, 0.5) is 23.9 Å². The Kier molecular flexibility index (Phi) is 6.45. The van der Waals surface area contributed by atoms with Gasteiger partial charge in [0.2, 0.25) is 11.8 Å². The number of ether oxygens (including phenoxy) is 1. The van der Waals surface area contributed by atoms with Gasteiger partial charge in [-0.2, -0.15) is 13.2 Å². The zero-order valence-corrected chi connectivity index (χ0v) is 19.4. The summed E-state index contributed by atoms with van der Waals surface area (Å²) in [6.07, 6.45) is -2.23. The van der Waals surface area contributed by atoms with Crippen molar-refractivity contribution in [3.05, 3.63) is 39.8 Å². The lowest BCUT2D eigenvalue weighted by Gasteiger charge is -2.24. The van der Waals surface area contributed by atoms with Gasteiger partial charge < -0.3 is 15.4 Å². The van der Waals surface area contributed by atoms with Gasteiger partial charge in [-0.05, 0) is 48.9 Å². The van der Waals surface area contributed by atoms with Crippen LogP contribution in [-0.4, -0.2) is 30.1 Å². The summed E-state index contributed by atoms with van der Waals surface area (Å²) < 4.78 is 43.7. The summed E-state index contributed by atoms with van der Waals surface area (Å²) in [7, 11) is 1.29. The first-order chi connectivity index (χ1) is 15.6. The van der Waals surface area contributed by atoms with Gasteiger partial charge in [-0.3, -0.25) is 9.59 Å². The molecule has 2 aliphatic rings. The second-order valence-corrected chi connectivity index (χ2v) is 10.5. The summed E-state index contributed by atoms with van der Waals surface area (Å²) in [6, 6.07) is 3.12. The normalized spacial score (nSPS) is 19.8. The number of methoxy groups -OCH3 is 1. The summed E-state index contributed by atoms with van der Waals surface area (Å²) in [5, 5.41) is 4.81. The van der Waals surface area contributed by atoms with Gasteiger partial charge in [-0.25, -0.2) is 4.79 Å². The van der Waals surface area contributed by atoms with E-state index in [2.05, 4.69) is 17.6 Å². The maximum absolute atomic E-state index is 12.9. The van der Waals surface area contributed by atoms with Gasteiger partial charge in [0.1, 0.15) is 5.00 Å². The van der Waals surface area contributed by atoms with Crippen LogP contribution < -0.4 is 10.6 Å². The number of amides is 2. The molecule has 2 N–H and O–H groups in total. The lowest BCUT2D eigenvalue weighted by molar-refractivity contribution is -0.137. The molecule has 2 atom stereocenters. The van der Waals surface area contributed by atoms with E-state index in [9.17, 15) is 27.6 Å². The van der Waals surface area contributed by atoms with E-state index in [1.165, 1.54) is 24.5 Å². The number of nitrogens with one attached hydrogen (secondary N) is 2. The van der Waals surface area contributed by atoms with Crippen molar-refractivity contribution in [3.8, 4) is 0 Å². The zero-order valence-electron chi connectivity index (χ0n) is 17.8. The van der Waals surface area contributed by atoms with Crippen LogP contribution in [0.5, 0.6) is 0 Å². The number of alkyl halides is 3. The molecular weight excluding hydrogens is 477 g/mol. The van der Waals surface area contributed by atoms with Crippen LogP contribution in [0.15, 0.2) is 23.1 Å². The third-order valence-corrected chi connectivity index (χ3v) is 8.10. The monoisotopic (exact) mass is 498 g/mol. The first-order valence-electron chi connectivity index (χ1n) is 10.3. The molecule has 33 heavy (non-hydrogen) atoms. The summed E-state index contributed by atoms with van der Waals surface area (Å²) in [5.74, 6) is -1.05. The lowest BCUT2D eigenvalue weighted by Crippen LogP contribution is -2.32. The van der Waals surface area contributed by atoms with Gasteiger partial charge >= 0.3 is 12.1 Å². The number of carbonyl (C=O) groups excluding carboxylic acids is 3. The molecule has 1 aromatic carbocycles. The fourth-order valence-corrected chi connectivity index (χ4v) is 6.47.